The third-order valence-corrected chi connectivity index (χ3v) is 5.40. The Balaban J connectivity index is 1.95. The number of amides is 1. The number of likely N-dealkylation sites (tertiary alicyclic amines) is 1. The van der Waals surface area contributed by atoms with Gasteiger partial charge in [-0.2, -0.15) is 0 Å². The number of nitrogens with zero attached hydrogens (tertiary/aromatic N) is 1. The van der Waals surface area contributed by atoms with Crippen LogP contribution in [0.5, 0.6) is 0 Å². The summed E-state index contributed by atoms with van der Waals surface area (Å²) in [5, 5.41) is 10.5. The van der Waals surface area contributed by atoms with Gasteiger partial charge in [0.2, 0.25) is 0 Å². The van der Waals surface area contributed by atoms with Crippen molar-refractivity contribution < 1.29 is 19.4 Å². The Morgan fingerprint density at radius 3 is 2.32 bits per heavy atom. The molecule has 0 aromatic heterocycles. The summed E-state index contributed by atoms with van der Waals surface area (Å²) < 4.78 is 5.53. The van der Waals surface area contributed by atoms with Gasteiger partial charge in [0, 0.05) is 11.6 Å². The number of carboxylic acid groups (broad SMARTS) is 1. The third-order valence-electron chi connectivity index (χ3n) is 5.14. The molecular formula is C19H24ClNO4. The Hall–Kier alpha value is -1.75. The van der Waals surface area contributed by atoms with Gasteiger partial charge in [-0.15, -0.1) is 0 Å². The van der Waals surface area contributed by atoms with Crippen molar-refractivity contribution in [1.29, 1.82) is 0 Å². The summed E-state index contributed by atoms with van der Waals surface area (Å²) in [5.41, 5.74) is -0.0388. The van der Waals surface area contributed by atoms with E-state index in [1.165, 1.54) is 0 Å². The molecule has 2 aliphatic rings. The Morgan fingerprint density at radius 1 is 1.24 bits per heavy atom. The Morgan fingerprint density at radius 2 is 1.84 bits per heavy atom. The van der Waals surface area contributed by atoms with Crippen molar-refractivity contribution in [2.75, 3.05) is 6.54 Å². The molecule has 0 radical (unpaired) electrons. The second-order valence-electron chi connectivity index (χ2n) is 8.10. The van der Waals surface area contributed by atoms with Gasteiger partial charge in [-0.3, -0.25) is 4.79 Å². The minimum atomic E-state index is -0.922. The van der Waals surface area contributed by atoms with Crippen molar-refractivity contribution in [3.63, 3.8) is 0 Å². The van der Waals surface area contributed by atoms with Crippen molar-refractivity contribution in [2.24, 2.45) is 5.41 Å². The van der Waals surface area contributed by atoms with Gasteiger partial charge in [0.15, 0.2) is 0 Å². The third kappa shape index (κ3) is 3.61. The zero-order valence-electron chi connectivity index (χ0n) is 14.8. The number of rotatable bonds is 3. The SMILES string of the molecule is CC(C)(C)OC(=O)N1CCC2(CC2)[C@H]1[C@@H](C(=O)O)c1ccc(Cl)cc1. The van der Waals surface area contributed by atoms with Crippen LogP contribution in [0.2, 0.25) is 5.02 Å². The molecular weight excluding hydrogens is 342 g/mol. The molecule has 1 aromatic rings. The molecule has 1 aliphatic carbocycles. The van der Waals surface area contributed by atoms with Gasteiger partial charge in [0.05, 0.1) is 6.04 Å². The summed E-state index contributed by atoms with van der Waals surface area (Å²) in [4.78, 5) is 26.4. The molecule has 1 aromatic carbocycles. The average molecular weight is 366 g/mol. The van der Waals surface area contributed by atoms with Crippen LogP contribution >= 0.6 is 11.6 Å². The number of carboxylic acids is 1. The molecule has 1 N–H and O–H groups in total. The summed E-state index contributed by atoms with van der Waals surface area (Å²) in [6.07, 6.45) is 2.30. The fraction of sp³-hybridized carbons (Fsp3) is 0.579. The topological polar surface area (TPSA) is 66.8 Å². The number of aliphatic carboxylic acids is 1. The molecule has 2 fully saturated rings. The van der Waals surface area contributed by atoms with Gasteiger partial charge < -0.3 is 14.7 Å². The van der Waals surface area contributed by atoms with Crippen LogP contribution in [0.4, 0.5) is 4.79 Å². The van der Waals surface area contributed by atoms with E-state index >= 15 is 0 Å². The minimum Gasteiger partial charge on any atom is -0.481 e. The molecule has 25 heavy (non-hydrogen) atoms. The maximum atomic E-state index is 12.7. The normalized spacial score (nSPS) is 22.7. The Kier molecular flexibility index (Phi) is 4.48. The van der Waals surface area contributed by atoms with E-state index in [2.05, 4.69) is 0 Å². The number of halogens is 1. The lowest BCUT2D eigenvalue weighted by atomic mass is 9.82. The lowest BCUT2D eigenvalue weighted by Crippen LogP contribution is -2.46. The van der Waals surface area contributed by atoms with E-state index in [1.54, 1.807) is 29.2 Å². The maximum absolute atomic E-state index is 12.7. The van der Waals surface area contributed by atoms with E-state index in [-0.39, 0.29) is 11.5 Å². The van der Waals surface area contributed by atoms with Crippen molar-refractivity contribution in [2.45, 2.75) is 57.6 Å². The highest BCUT2D eigenvalue weighted by atomic mass is 35.5. The van der Waals surface area contributed by atoms with E-state index in [0.717, 1.165) is 19.3 Å². The highest BCUT2D eigenvalue weighted by molar-refractivity contribution is 6.30. The van der Waals surface area contributed by atoms with Gasteiger partial charge in [-0.1, -0.05) is 23.7 Å². The second kappa shape index (κ2) is 6.20. The van der Waals surface area contributed by atoms with Crippen molar-refractivity contribution in [3.05, 3.63) is 34.9 Å². The van der Waals surface area contributed by atoms with Crippen LogP contribution in [-0.2, 0) is 9.53 Å². The quantitative estimate of drug-likeness (QED) is 0.867. The van der Waals surface area contributed by atoms with Crippen LogP contribution in [0.15, 0.2) is 24.3 Å². The van der Waals surface area contributed by atoms with Crippen molar-refractivity contribution in [1.82, 2.24) is 4.90 Å². The zero-order chi connectivity index (χ0) is 18.4. The standard InChI is InChI=1S/C19H24ClNO4/c1-18(2,3)25-17(24)21-11-10-19(8-9-19)15(21)14(16(22)23)12-4-6-13(20)7-5-12/h4-7,14-15H,8-11H2,1-3H3,(H,22,23)/t14-,15+/m0/s1. The molecule has 1 saturated carbocycles. The number of carbonyl (C=O) groups is 2. The van der Waals surface area contributed by atoms with Crippen LogP contribution in [0.3, 0.4) is 0 Å². The lowest BCUT2D eigenvalue weighted by Gasteiger charge is -2.34. The fourth-order valence-corrected chi connectivity index (χ4v) is 3.98. The first-order chi connectivity index (χ1) is 11.6. The van der Waals surface area contributed by atoms with Gasteiger partial charge in [-0.05, 0) is 63.1 Å². The van der Waals surface area contributed by atoms with E-state index < -0.39 is 23.6 Å². The molecule has 1 aliphatic heterocycles. The molecule has 136 valence electrons. The first-order valence-corrected chi connectivity index (χ1v) is 8.99. The van der Waals surface area contributed by atoms with Gasteiger partial charge in [-0.25, -0.2) is 4.79 Å². The summed E-state index contributed by atoms with van der Waals surface area (Å²) >= 11 is 5.94. The number of benzene rings is 1. The monoisotopic (exact) mass is 365 g/mol. The molecule has 2 atom stereocenters. The molecule has 1 spiro atoms. The Bertz CT molecular complexity index is 676. The average Bonchev–Trinajstić information content (AvgIpc) is 3.16. The summed E-state index contributed by atoms with van der Waals surface area (Å²) in [5.74, 6) is -1.70. The smallest absolute Gasteiger partial charge is 0.410 e. The predicted molar refractivity (Wildman–Crippen MR) is 94.8 cm³/mol. The van der Waals surface area contributed by atoms with Crippen LogP contribution in [0, 0.1) is 5.41 Å². The molecule has 0 unspecified atom stereocenters. The first-order valence-electron chi connectivity index (χ1n) is 8.61. The molecule has 1 saturated heterocycles. The molecule has 5 nitrogen and oxygen atoms in total. The summed E-state index contributed by atoms with van der Waals surface area (Å²) in [6, 6.07) is 6.48. The summed E-state index contributed by atoms with van der Waals surface area (Å²) in [6.45, 7) is 5.99. The van der Waals surface area contributed by atoms with E-state index in [0.29, 0.717) is 17.1 Å². The first kappa shape index (κ1) is 18.1. The fourth-order valence-electron chi connectivity index (χ4n) is 3.86. The van der Waals surface area contributed by atoms with E-state index in [1.807, 2.05) is 20.8 Å². The molecule has 6 heteroatoms. The van der Waals surface area contributed by atoms with Gasteiger partial charge in [0.25, 0.3) is 0 Å². The number of hydrogen-bond acceptors (Lipinski definition) is 3. The van der Waals surface area contributed by atoms with Gasteiger partial charge in [0.1, 0.15) is 11.5 Å². The predicted octanol–water partition coefficient (Wildman–Crippen LogP) is 4.30. The highest BCUT2D eigenvalue weighted by Crippen LogP contribution is 2.60. The van der Waals surface area contributed by atoms with E-state index in [9.17, 15) is 14.7 Å². The molecule has 1 heterocycles. The zero-order valence-corrected chi connectivity index (χ0v) is 15.5. The highest BCUT2D eigenvalue weighted by Gasteiger charge is 2.61. The lowest BCUT2D eigenvalue weighted by molar-refractivity contribution is -0.140. The largest absolute Gasteiger partial charge is 0.481 e. The van der Waals surface area contributed by atoms with Crippen LogP contribution in [-0.4, -0.2) is 40.3 Å². The Labute approximate surface area is 152 Å². The summed E-state index contributed by atoms with van der Waals surface area (Å²) in [7, 11) is 0. The minimum absolute atomic E-state index is 0.0976. The van der Waals surface area contributed by atoms with Crippen molar-refractivity contribution >= 4 is 23.7 Å². The maximum Gasteiger partial charge on any atom is 0.410 e. The number of hydrogen-bond donors (Lipinski definition) is 1. The van der Waals surface area contributed by atoms with E-state index in [4.69, 9.17) is 16.3 Å². The molecule has 0 bridgehead atoms. The number of carbonyl (C=O) groups excluding carboxylic acids is 1. The van der Waals surface area contributed by atoms with Crippen LogP contribution in [0.1, 0.15) is 51.5 Å². The molecule has 1 amide bonds. The van der Waals surface area contributed by atoms with Crippen LogP contribution < -0.4 is 0 Å². The van der Waals surface area contributed by atoms with Crippen molar-refractivity contribution in [3.8, 4) is 0 Å². The number of ether oxygens (including phenoxy) is 1. The second-order valence-corrected chi connectivity index (χ2v) is 8.53. The van der Waals surface area contributed by atoms with Gasteiger partial charge >= 0.3 is 12.1 Å². The van der Waals surface area contributed by atoms with Crippen LogP contribution in [0.25, 0.3) is 0 Å². The molecule has 3 rings (SSSR count).